The number of pyridine rings is 1. The third kappa shape index (κ3) is 5.25. The van der Waals surface area contributed by atoms with Crippen LogP contribution in [0.2, 0.25) is 0 Å². The monoisotopic (exact) mass is 291 g/mol. The Hall–Kier alpha value is -1.78. The molecule has 2 heterocycles. The molecular formula is C16H25N3O2. The van der Waals surface area contributed by atoms with Crippen LogP contribution in [-0.2, 0) is 11.3 Å². The Kier molecular flexibility index (Phi) is 5.04. The maximum Gasteiger partial charge on any atom is 0.407 e. The zero-order chi connectivity index (χ0) is 15.3. The molecular weight excluding hydrogens is 266 g/mol. The van der Waals surface area contributed by atoms with E-state index in [4.69, 9.17) is 4.74 Å². The molecule has 0 saturated carbocycles. The number of carbonyl (C=O) groups is 1. The Morgan fingerprint density at radius 2 is 2.00 bits per heavy atom. The van der Waals surface area contributed by atoms with Gasteiger partial charge in [-0.05, 0) is 52.2 Å². The van der Waals surface area contributed by atoms with Crippen molar-refractivity contribution in [1.82, 2.24) is 10.3 Å². The van der Waals surface area contributed by atoms with E-state index in [1.165, 1.54) is 19.3 Å². The summed E-state index contributed by atoms with van der Waals surface area (Å²) in [5.41, 5.74) is 0.372. The number of alkyl carbamates (subject to hydrolysis) is 1. The molecule has 1 aliphatic heterocycles. The van der Waals surface area contributed by atoms with Crippen LogP contribution in [0.15, 0.2) is 18.2 Å². The van der Waals surface area contributed by atoms with E-state index in [1.807, 2.05) is 39.0 Å². The molecule has 21 heavy (non-hydrogen) atoms. The second-order valence-electron chi connectivity index (χ2n) is 6.39. The van der Waals surface area contributed by atoms with Crippen molar-refractivity contribution >= 4 is 11.9 Å². The van der Waals surface area contributed by atoms with Crippen LogP contribution in [0, 0.1) is 0 Å². The third-order valence-electron chi connectivity index (χ3n) is 3.28. The number of amides is 1. The van der Waals surface area contributed by atoms with Gasteiger partial charge in [0.2, 0.25) is 0 Å². The van der Waals surface area contributed by atoms with Crippen molar-refractivity contribution in [3.05, 3.63) is 23.9 Å². The standard InChI is InChI=1S/C16H25N3O2/c1-16(2,3)21-15(20)17-12-13-8-7-9-14(18-13)19-10-5-4-6-11-19/h7-9H,4-6,10-12H2,1-3H3,(H,17,20). The van der Waals surface area contributed by atoms with Crippen molar-refractivity contribution in [1.29, 1.82) is 0 Å². The lowest BCUT2D eigenvalue weighted by Crippen LogP contribution is -2.33. The number of nitrogens with zero attached hydrogens (tertiary/aromatic N) is 2. The van der Waals surface area contributed by atoms with Gasteiger partial charge >= 0.3 is 6.09 Å². The highest BCUT2D eigenvalue weighted by molar-refractivity contribution is 5.67. The summed E-state index contributed by atoms with van der Waals surface area (Å²) in [6.45, 7) is 8.06. The number of anilines is 1. The van der Waals surface area contributed by atoms with Crippen molar-refractivity contribution < 1.29 is 9.53 Å². The quantitative estimate of drug-likeness (QED) is 0.929. The van der Waals surface area contributed by atoms with Crippen LogP contribution in [0.3, 0.4) is 0 Å². The normalized spacial score (nSPS) is 15.7. The molecule has 1 aliphatic rings. The molecule has 1 aromatic rings. The summed E-state index contributed by atoms with van der Waals surface area (Å²) in [4.78, 5) is 18.6. The number of piperidine rings is 1. The molecule has 2 rings (SSSR count). The van der Waals surface area contributed by atoms with Crippen LogP contribution < -0.4 is 10.2 Å². The lowest BCUT2D eigenvalue weighted by atomic mass is 10.1. The first-order chi connectivity index (χ1) is 9.94. The number of nitrogens with one attached hydrogen (secondary N) is 1. The number of aromatic nitrogens is 1. The zero-order valence-corrected chi connectivity index (χ0v) is 13.2. The first kappa shape index (κ1) is 15.6. The molecule has 5 nitrogen and oxygen atoms in total. The van der Waals surface area contributed by atoms with E-state index in [1.54, 1.807) is 0 Å². The molecule has 1 aromatic heterocycles. The lowest BCUT2D eigenvalue weighted by Gasteiger charge is -2.28. The summed E-state index contributed by atoms with van der Waals surface area (Å²) < 4.78 is 5.22. The second kappa shape index (κ2) is 6.78. The second-order valence-corrected chi connectivity index (χ2v) is 6.39. The Balaban J connectivity index is 1.90. The molecule has 0 bridgehead atoms. The van der Waals surface area contributed by atoms with E-state index >= 15 is 0 Å². The summed E-state index contributed by atoms with van der Waals surface area (Å²) in [5.74, 6) is 0.998. The average molecular weight is 291 g/mol. The summed E-state index contributed by atoms with van der Waals surface area (Å²) >= 11 is 0. The average Bonchev–Trinajstić information content (AvgIpc) is 2.45. The molecule has 1 amide bonds. The van der Waals surface area contributed by atoms with Crippen molar-refractivity contribution in [3.8, 4) is 0 Å². The van der Waals surface area contributed by atoms with Gasteiger partial charge in [-0.15, -0.1) is 0 Å². The molecule has 1 saturated heterocycles. The lowest BCUT2D eigenvalue weighted by molar-refractivity contribution is 0.0523. The van der Waals surface area contributed by atoms with Crippen LogP contribution in [0.4, 0.5) is 10.6 Å². The van der Waals surface area contributed by atoms with Crippen LogP contribution >= 0.6 is 0 Å². The molecule has 0 spiro atoms. The predicted octanol–water partition coefficient (Wildman–Crippen LogP) is 3.10. The van der Waals surface area contributed by atoms with Gasteiger partial charge in [-0.25, -0.2) is 9.78 Å². The van der Waals surface area contributed by atoms with Crippen LogP contribution in [-0.4, -0.2) is 29.8 Å². The van der Waals surface area contributed by atoms with E-state index in [0.717, 1.165) is 24.6 Å². The van der Waals surface area contributed by atoms with Gasteiger partial charge in [-0.3, -0.25) is 0 Å². The highest BCUT2D eigenvalue weighted by Crippen LogP contribution is 2.17. The minimum absolute atomic E-state index is 0.386. The third-order valence-corrected chi connectivity index (χ3v) is 3.28. The predicted molar refractivity (Wildman–Crippen MR) is 83.4 cm³/mol. The van der Waals surface area contributed by atoms with E-state index in [9.17, 15) is 4.79 Å². The highest BCUT2D eigenvalue weighted by atomic mass is 16.6. The largest absolute Gasteiger partial charge is 0.444 e. The molecule has 0 aliphatic carbocycles. The van der Waals surface area contributed by atoms with Crippen molar-refractivity contribution in [2.24, 2.45) is 0 Å². The summed E-state index contributed by atoms with van der Waals surface area (Å²) in [6.07, 6.45) is 3.34. The maximum absolute atomic E-state index is 11.6. The van der Waals surface area contributed by atoms with Gasteiger partial charge in [0.1, 0.15) is 11.4 Å². The van der Waals surface area contributed by atoms with Gasteiger partial charge in [0.15, 0.2) is 0 Å². The number of hydrogen-bond donors (Lipinski definition) is 1. The fraction of sp³-hybridized carbons (Fsp3) is 0.625. The molecule has 1 fully saturated rings. The first-order valence-corrected chi connectivity index (χ1v) is 7.62. The smallest absolute Gasteiger partial charge is 0.407 e. The highest BCUT2D eigenvalue weighted by Gasteiger charge is 2.16. The van der Waals surface area contributed by atoms with E-state index in [-0.39, 0.29) is 0 Å². The van der Waals surface area contributed by atoms with E-state index in [0.29, 0.717) is 6.54 Å². The molecule has 0 unspecified atom stereocenters. The minimum atomic E-state index is -0.479. The number of rotatable bonds is 3. The Labute approximate surface area is 126 Å². The van der Waals surface area contributed by atoms with Gasteiger partial charge in [-0.2, -0.15) is 0 Å². The Morgan fingerprint density at radius 3 is 2.67 bits per heavy atom. The molecule has 0 aromatic carbocycles. The van der Waals surface area contributed by atoms with E-state index < -0.39 is 11.7 Å². The van der Waals surface area contributed by atoms with Gasteiger partial charge < -0.3 is 15.0 Å². The van der Waals surface area contributed by atoms with Gasteiger partial charge in [-0.1, -0.05) is 6.07 Å². The van der Waals surface area contributed by atoms with Gasteiger partial charge in [0.05, 0.1) is 12.2 Å². The summed E-state index contributed by atoms with van der Waals surface area (Å²) in [6, 6.07) is 5.94. The van der Waals surface area contributed by atoms with Crippen LogP contribution in [0.25, 0.3) is 0 Å². The Bertz CT molecular complexity index is 477. The van der Waals surface area contributed by atoms with Crippen molar-refractivity contribution in [2.75, 3.05) is 18.0 Å². The Morgan fingerprint density at radius 1 is 1.29 bits per heavy atom. The topological polar surface area (TPSA) is 54.5 Å². The number of ether oxygens (including phenoxy) is 1. The zero-order valence-electron chi connectivity index (χ0n) is 13.2. The first-order valence-electron chi connectivity index (χ1n) is 7.62. The molecule has 0 atom stereocenters. The number of carbonyl (C=O) groups excluding carboxylic acids is 1. The van der Waals surface area contributed by atoms with Crippen molar-refractivity contribution in [2.45, 2.75) is 52.2 Å². The number of hydrogen-bond acceptors (Lipinski definition) is 4. The molecule has 0 radical (unpaired) electrons. The summed E-state index contributed by atoms with van der Waals surface area (Å²) in [7, 11) is 0. The maximum atomic E-state index is 11.6. The van der Waals surface area contributed by atoms with Crippen molar-refractivity contribution in [3.63, 3.8) is 0 Å². The van der Waals surface area contributed by atoms with Crippen LogP contribution in [0.5, 0.6) is 0 Å². The molecule has 5 heteroatoms. The van der Waals surface area contributed by atoms with Gasteiger partial charge in [0, 0.05) is 13.1 Å². The molecule has 1 N–H and O–H groups in total. The van der Waals surface area contributed by atoms with Crippen LogP contribution in [0.1, 0.15) is 45.7 Å². The van der Waals surface area contributed by atoms with Gasteiger partial charge in [0.25, 0.3) is 0 Å². The molecule has 116 valence electrons. The fourth-order valence-electron chi connectivity index (χ4n) is 2.34. The van der Waals surface area contributed by atoms with E-state index in [2.05, 4.69) is 15.2 Å². The minimum Gasteiger partial charge on any atom is -0.444 e. The SMILES string of the molecule is CC(C)(C)OC(=O)NCc1cccc(N2CCCCC2)n1. The summed E-state index contributed by atoms with van der Waals surface area (Å²) in [5, 5.41) is 2.74. The fourth-order valence-corrected chi connectivity index (χ4v) is 2.34.